The Morgan fingerprint density at radius 3 is 2.79 bits per heavy atom. The fourth-order valence-corrected chi connectivity index (χ4v) is 3.82. The molecule has 0 aromatic heterocycles. The maximum atomic E-state index is 12.9. The van der Waals surface area contributed by atoms with Crippen molar-refractivity contribution in [3.63, 3.8) is 0 Å². The van der Waals surface area contributed by atoms with E-state index in [9.17, 15) is 19.6 Å². The Morgan fingerprint density at radius 1 is 1.38 bits per heavy atom. The smallest absolute Gasteiger partial charge is 0.325 e. The van der Waals surface area contributed by atoms with Gasteiger partial charge >= 0.3 is 6.03 Å². The number of hydrogen-bond donors (Lipinski definition) is 2. The van der Waals surface area contributed by atoms with Crippen LogP contribution in [-0.4, -0.2) is 47.2 Å². The number of nitrogens with zero attached hydrogens (tertiary/aromatic N) is 2. The molecule has 2 fully saturated rings. The van der Waals surface area contributed by atoms with Gasteiger partial charge in [0.15, 0.2) is 11.5 Å². The minimum atomic E-state index is -1.18. The van der Waals surface area contributed by atoms with Gasteiger partial charge in [-0.05, 0) is 50.3 Å². The number of nitrogens with one attached hydrogen (secondary N) is 2. The van der Waals surface area contributed by atoms with E-state index in [0.29, 0.717) is 11.5 Å². The molecule has 4 amide bonds. The molecule has 2 heterocycles. The fraction of sp³-hybridized carbons (Fsp3) is 0.500. The van der Waals surface area contributed by atoms with Crippen LogP contribution in [0.4, 0.5) is 4.79 Å². The van der Waals surface area contributed by atoms with Gasteiger partial charge in [-0.2, -0.15) is 5.26 Å². The number of urea groups is 1. The lowest BCUT2D eigenvalue weighted by Crippen LogP contribution is -2.51. The van der Waals surface area contributed by atoms with E-state index in [2.05, 4.69) is 16.7 Å². The van der Waals surface area contributed by atoms with E-state index < -0.39 is 35.5 Å². The quantitative estimate of drug-likeness (QED) is 0.692. The van der Waals surface area contributed by atoms with Crippen LogP contribution in [-0.2, 0) is 16.0 Å². The number of carbonyl (C=O) groups excluding carboxylic acids is 3. The third-order valence-corrected chi connectivity index (χ3v) is 5.67. The fourth-order valence-electron chi connectivity index (χ4n) is 3.82. The highest BCUT2D eigenvalue weighted by Crippen LogP contribution is 2.39. The molecular formula is C20H22N4O5. The Kier molecular flexibility index (Phi) is 4.37. The summed E-state index contributed by atoms with van der Waals surface area (Å²) in [5.74, 6) is 0.318. The molecular weight excluding hydrogens is 376 g/mol. The number of amides is 4. The molecule has 29 heavy (non-hydrogen) atoms. The van der Waals surface area contributed by atoms with Gasteiger partial charge in [0.05, 0.1) is 6.07 Å². The van der Waals surface area contributed by atoms with Gasteiger partial charge in [-0.25, -0.2) is 4.79 Å². The highest BCUT2D eigenvalue weighted by atomic mass is 16.7. The molecule has 1 aromatic carbocycles. The minimum absolute atomic E-state index is 0.107. The third-order valence-electron chi connectivity index (χ3n) is 5.67. The highest BCUT2D eigenvalue weighted by molar-refractivity contribution is 6.09. The molecule has 4 rings (SSSR count). The zero-order valence-electron chi connectivity index (χ0n) is 16.3. The van der Waals surface area contributed by atoms with Crippen LogP contribution in [0.15, 0.2) is 18.2 Å². The molecule has 1 saturated carbocycles. The molecule has 152 valence electrons. The van der Waals surface area contributed by atoms with E-state index in [0.717, 1.165) is 23.3 Å². The average molecular weight is 398 g/mol. The second-order valence-electron chi connectivity index (χ2n) is 8.15. The maximum absolute atomic E-state index is 12.9. The molecule has 0 unspecified atom stereocenters. The van der Waals surface area contributed by atoms with Crippen molar-refractivity contribution in [3.8, 4) is 17.6 Å². The van der Waals surface area contributed by atoms with Crippen molar-refractivity contribution in [2.45, 2.75) is 44.2 Å². The average Bonchev–Trinajstić information content (AvgIpc) is 3.40. The van der Waals surface area contributed by atoms with E-state index in [4.69, 9.17) is 9.47 Å². The molecule has 2 atom stereocenters. The topological polar surface area (TPSA) is 121 Å². The SMILES string of the molecule is C[C@@]1(Cc2ccc3c(c2)OCO3)NC(=O)N(CC(=O)N[C@@](C)(C#N)C2CC2)C1=O. The Balaban J connectivity index is 1.44. The summed E-state index contributed by atoms with van der Waals surface area (Å²) in [7, 11) is 0. The molecule has 9 nitrogen and oxygen atoms in total. The van der Waals surface area contributed by atoms with Crippen molar-refractivity contribution < 1.29 is 23.9 Å². The van der Waals surface area contributed by atoms with Crippen molar-refractivity contribution >= 4 is 17.8 Å². The Labute approximate surface area is 167 Å². The Bertz CT molecular complexity index is 937. The zero-order chi connectivity index (χ0) is 20.8. The van der Waals surface area contributed by atoms with Crippen LogP contribution >= 0.6 is 0 Å². The molecule has 0 spiro atoms. The maximum Gasteiger partial charge on any atom is 0.325 e. The van der Waals surface area contributed by atoms with Crippen molar-refractivity contribution in [2.24, 2.45) is 5.92 Å². The largest absolute Gasteiger partial charge is 0.454 e. The number of nitriles is 1. The van der Waals surface area contributed by atoms with Crippen molar-refractivity contribution in [1.29, 1.82) is 5.26 Å². The van der Waals surface area contributed by atoms with Crippen LogP contribution in [0.25, 0.3) is 0 Å². The van der Waals surface area contributed by atoms with Crippen LogP contribution in [0, 0.1) is 17.2 Å². The van der Waals surface area contributed by atoms with Gasteiger partial charge in [0.2, 0.25) is 12.7 Å². The van der Waals surface area contributed by atoms with Gasteiger partial charge in [-0.1, -0.05) is 6.07 Å². The lowest BCUT2D eigenvalue weighted by molar-refractivity contribution is -0.135. The Hall–Kier alpha value is -3.28. The molecule has 3 aliphatic rings. The number of rotatable bonds is 6. The second-order valence-corrected chi connectivity index (χ2v) is 8.15. The van der Waals surface area contributed by atoms with Gasteiger partial charge in [0, 0.05) is 6.42 Å². The highest BCUT2D eigenvalue weighted by Gasteiger charge is 2.49. The van der Waals surface area contributed by atoms with E-state index in [-0.39, 0.29) is 19.1 Å². The summed E-state index contributed by atoms with van der Waals surface area (Å²) in [6, 6.07) is 6.84. The number of hydrogen-bond acceptors (Lipinski definition) is 6. The van der Waals surface area contributed by atoms with Gasteiger partial charge in [0.1, 0.15) is 17.6 Å². The summed E-state index contributed by atoms with van der Waals surface area (Å²) in [6.45, 7) is 3.01. The van der Waals surface area contributed by atoms with Crippen molar-refractivity contribution in [2.75, 3.05) is 13.3 Å². The number of carbonyl (C=O) groups is 3. The summed E-state index contributed by atoms with van der Waals surface area (Å²) >= 11 is 0. The van der Waals surface area contributed by atoms with Crippen molar-refractivity contribution in [3.05, 3.63) is 23.8 Å². The number of imide groups is 1. The van der Waals surface area contributed by atoms with Crippen LogP contribution < -0.4 is 20.1 Å². The summed E-state index contributed by atoms with van der Waals surface area (Å²) in [4.78, 5) is 38.7. The molecule has 0 bridgehead atoms. The molecule has 1 saturated heterocycles. The van der Waals surface area contributed by atoms with E-state index >= 15 is 0 Å². The molecule has 0 radical (unpaired) electrons. The lowest BCUT2D eigenvalue weighted by Gasteiger charge is -2.25. The number of ether oxygens (including phenoxy) is 2. The summed E-state index contributed by atoms with van der Waals surface area (Å²) in [6.07, 6.45) is 1.99. The predicted octanol–water partition coefficient (Wildman–Crippen LogP) is 1.08. The van der Waals surface area contributed by atoms with Gasteiger partial charge in [-0.15, -0.1) is 0 Å². The second kappa shape index (κ2) is 6.65. The summed E-state index contributed by atoms with van der Waals surface area (Å²) in [5, 5.41) is 14.7. The first-order chi connectivity index (χ1) is 13.7. The monoisotopic (exact) mass is 398 g/mol. The first-order valence-corrected chi connectivity index (χ1v) is 9.49. The van der Waals surface area contributed by atoms with Gasteiger partial charge < -0.3 is 20.1 Å². The first kappa shape index (κ1) is 19.1. The van der Waals surface area contributed by atoms with E-state index in [1.54, 1.807) is 26.0 Å². The third kappa shape index (κ3) is 3.46. The van der Waals surface area contributed by atoms with Crippen LogP contribution in [0.3, 0.4) is 0 Å². The molecule has 2 N–H and O–H groups in total. The molecule has 1 aliphatic carbocycles. The Morgan fingerprint density at radius 2 is 2.10 bits per heavy atom. The molecule has 1 aromatic rings. The normalized spacial score (nSPS) is 24.7. The van der Waals surface area contributed by atoms with Gasteiger partial charge in [-0.3, -0.25) is 14.5 Å². The van der Waals surface area contributed by atoms with Crippen LogP contribution in [0.1, 0.15) is 32.3 Å². The summed E-state index contributed by atoms with van der Waals surface area (Å²) in [5.41, 5.74) is -1.37. The van der Waals surface area contributed by atoms with E-state index in [1.165, 1.54) is 0 Å². The first-order valence-electron chi connectivity index (χ1n) is 9.49. The van der Waals surface area contributed by atoms with Gasteiger partial charge in [0.25, 0.3) is 5.91 Å². The minimum Gasteiger partial charge on any atom is -0.454 e. The predicted molar refractivity (Wildman–Crippen MR) is 99.8 cm³/mol. The number of fused-ring (bicyclic) bond motifs is 1. The molecule has 2 aliphatic heterocycles. The van der Waals surface area contributed by atoms with E-state index in [1.807, 2.05) is 6.07 Å². The zero-order valence-corrected chi connectivity index (χ0v) is 16.3. The number of benzene rings is 1. The van der Waals surface area contributed by atoms with Crippen molar-refractivity contribution in [1.82, 2.24) is 15.5 Å². The lowest BCUT2D eigenvalue weighted by atomic mass is 9.92. The van der Waals surface area contributed by atoms with Crippen LogP contribution in [0.2, 0.25) is 0 Å². The summed E-state index contributed by atoms with van der Waals surface area (Å²) < 4.78 is 10.6. The molecule has 9 heteroatoms. The standard InChI is InChI=1S/C20H22N4O5/c1-19(8-12-3-6-14-15(7-12)29-11-28-14)17(26)24(18(27)23-19)9-16(25)22-20(2,10-21)13-4-5-13/h3,6-7,13H,4-5,8-9,11H2,1-2H3,(H,22,25)(H,23,27)/t19-,20-/m0/s1. The van der Waals surface area contributed by atoms with Crippen LogP contribution in [0.5, 0.6) is 11.5 Å².